The number of hydrogen-bond acceptors (Lipinski definition) is 11. The molecule has 17 nitrogen and oxygen atoms in total. The fourth-order valence-electron chi connectivity index (χ4n) is 7.75. The van der Waals surface area contributed by atoms with Gasteiger partial charge in [0.2, 0.25) is 17.6 Å². The summed E-state index contributed by atoms with van der Waals surface area (Å²) < 4.78 is 37.1. The first-order valence-corrected chi connectivity index (χ1v) is 21.0. The number of carbonyl (C=O) groups excluding carboxylic acids is 4. The lowest BCUT2D eigenvalue weighted by Crippen LogP contribution is -2.52. The van der Waals surface area contributed by atoms with E-state index in [1.807, 2.05) is 58.0 Å². The third-order valence-electron chi connectivity index (χ3n) is 11.1. The van der Waals surface area contributed by atoms with Crippen LogP contribution in [-0.2, 0) is 25.5 Å². The minimum absolute atomic E-state index is 0.105. The van der Waals surface area contributed by atoms with Crippen LogP contribution in [0.15, 0.2) is 60.7 Å². The number of primary amides is 1. The Kier molecular flexibility index (Phi) is 16.2. The molecule has 2 aromatic carbocycles. The Bertz CT molecular complexity index is 2220. The molecule has 0 aliphatic heterocycles. The van der Waals surface area contributed by atoms with Crippen molar-refractivity contribution < 1.29 is 47.0 Å². The normalized spacial score (nSPS) is 19.2. The number of benzene rings is 2. The van der Waals surface area contributed by atoms with Crippen molar-refractivity contribution in [3.8, 4) is 22.5 Å². The van der Waals surface area contributed by atoms with Gasteiger partial charge in [-0.2, -0.15) is 18.4 Å². The lowest BCUT2D eigenvalue weighted by molar-refractivity contribution is -0.192. The van der Waals surface area contributed by atoms with E-state index in [1.165, 1.54) is 0 Å². The van der Waals surface area contributed by atoms with E-state index in [2.05, 4.69) is 36.2 Å². The fraction of sp³-hybridized carbons (Fsp3) is 0.477. The van der Waals surface area contributed by atoms with Crippen LogP contribution in [0.4, 0.5) is 23.7 Å². The minimum Gasteiger partial charge on any atom is -0.475 e. The number of carboxylic acids is 1. The molecule has 2 saturated carbocycles. The first kappa shape index (κ1) is 48.6. The molecule has 64 heavy (non-hydrogen) atoms. The van der Waals surface area contributed by atoms with Crippen LogP contribution in [-0.4, -0.2) is 96.9 Å². The number of nitrogens with two attached hydrogens (primary N) is 2. The van der Waals surface area contributed by atoms with Gasteiger partial charge in [-0.05, 0) is 132 Å². The van der Waals surface area contributed by atoms with Crippen molar-refractivity contribution in [1.82, 2.24) is 36.2 Å². The zero-order chi connectivity index (χ0) is 46.8. The SMILES string of the molecule is Cc1nc(C(=O)NC2CCC(N)CC2)ccc1-c1ccc(C[C@@H](C(N)=O)N(C(=O)C2CCC(CNC(=O)OC(C)(C)C)CC2)c2ccc(-c3nn[nH]n3)cc2)cc1.O=C(O)C(F)(F)F. The van der Waals surface area contributed by atoms with E-state index < -0.39 is 35.8 Å². The summed E-state index contributed by atoms with van der Waals surface area (Å²) >= 11 is 0. The molecular formula is C44H55F3N10O7. The third-order valence-corrected chi connectivity index (χ3v) is 11.1. The standard InChI is InChI=1S/C42H54N10O5.C2HF3O2/c1-25-34(21-22-35(46-25)39(54)47-32-17-15-31(43)16-18-32)28-9-5-26(6-10-28)23-36(37(44)53)52(33-19-13-29(14-20-33)38-48-50-51-49-38)40(55)30-11-7-27(8-12-30)24-45-41(56)57-42(2,3)4;3-2(4,5)1(6)7/h5-6,9-10,13-14,19-22,27,30-32,36H,7-8,11-12,15-18,23-24,43H2,1-4H3,(H2,44,53)(H,45,56)(H,47,54)(H,48,49,50,51);(H,6,7)/t27?,30?,31?,32?,36-;/m0./s1. The molecule has 2 aliphatic rings. The second-order valence-electron chi connectivity index (χ2n) is 17.1. The van der Waals surface area contributed by atoms with Crippen molar-refractivity contribution in [3.05, 3.63) is 77.6 Å². The number of rotatable bonds is 12. The van der Waals surface area contributed by atoms with Gasteiger partial charge in [0, 0.05) is 53.5 Å². The molecule has 4 amide bonds. The monoisotopic (exact) mass is 892 g/mol. The van der Waals surface area contributed by atoms with Crippen LogP contribution in [0.3, 0.4) is 0 Å². The molecule has 6 rings (SSSR count). The van der Waals surface area contributed by atoms with Crippen LogP contribution in [0, 0.1) is 18.8 Å². The van der Waals surface area contributed by atoms with E-state index in [9.17, 15) is 32.3 Å². The molecule has 8 N–H and O–H groups in total. The number of tetrazole rings is 1. The predicted molar refractivity (Wildman–Crippen MR) is 229 cm³/mol. The van der Waals surface area contributed by atoms with Crippen LogP contribution < -0.4 is 27.0 Å². The van der Waals surface area contributed by atoms with Crippen LogP contribution in [0.25, 0.3) is 22.5 Å². The number of alkyl halides is 3. The molecule has 2 fully saturated rings. The fourth-order valence-corrected chi connectivity index (χ4v) is 7.75. The van der Waals surface area contributed by atoms with Gasteiger partial charge in [0.15, 0.2) is 0 Å². The molecule has 0 bridgehead atoms. The Balaban J connectivity index is 0.00000102. The number of halogens is 3. The first-order chi connectivity index (χ1) is 30.2. The zero-order valence-corrected chi connectivity index (χ0v) is 36.2. The van der Waals surface area contributed by atoms with Crippen LogP contribution in [0.1, 0.15) is 93.9 Å². The van der Waals surface area contributed by atoms with E-state index >= 15 is 0 Å². The Morgan fingerprint density at radius 2 is 1.50 bits per heavy atom. The van der Waals surface area contributed by atoms with Crippen molar-refractivity contribution in [2.45, 2.75) is 115 Å². The summed E-state index contributed by atoms with van der Waals surface area (Å²) in [6.07, 6.45) is 0.828. The molecule has 344 valence electrons. The number of pyridine rings is 1. The minimum atomic E-state index is -5.08. The topological polar surface area (TPSA) is 262 Å². The number of aromatic nitrogens is 5. The lowest BCUT2D eigenvalue weighted by Gasteiger charge is -2.36. The number of nitrogens with one attached hydrogen (secondary N) is 3. The molecular weight excluding hydrogens is 838 g/mol. The highest BCUT2D eigenvalue weighted by molar-refractivity contribution is 6.02. The highest BCUT2D eigenvalue weighted by atomic mass is 19.4. The van der Waals surface area contributed by atoms with Gasteiger partial charge in [-0.1, -0.05) is 30.3 Å². The molecule has 0 radical (unpaired) electrons. The Morgan fingerprint density at radius 3 is 2.03 bits per heavy atom. The van der Waals surface area contributed by atoms with Crippen molar-refractivity contribution in [2.75, 3.05) is 11.4 Å². The highest BCUT2D eigenvalue weighted by Gasteiger charge is 2.38. The zero-order valence-electron chi connectivity index (χ0n) is 36.2. The van der Waals surface area contributed by atoms with Crippen molar-refractivity contribution in [1.29, 1.82) is 0 Å². The van der Waals surface area contributed by atoms with E-state index in [-0.39, 0.29) is 42.2 Å². The third kappa shape index (κ3) is 13.8. The Morgan fingerprint density at radius 1 is 0.891 bits per heavy atom. The number of ether oxygens (including phenoxy) is 1. The second kappa shape index (κ2) is 21.3. The average molecular weight is 893 g/mol. The number of aromatic amines is 1. The number of anilines is 1. The summed E-state index contributed by atoms with van der Waals surface area (Å²) in [6, 6.07) is 17.8. The largest absolute Gasteiger partial charge is 0.490 e. The highest BCUT2D eigenvalue weighted by Crippen LogP contribution is 2.34. The number of hydrogen-bond donors (Lipinski definition) is 6. The Labute approximate surface area is 368 Å². The maximum atomic E-state index is 14.5. The second-order valence-corrected chi connectivity index (χ2v) is 17.1. The molecule has 0 spiro atoms. The van der Waals surface area contributed by atoms with Crippen LogP contribution >= 0.6 is 0 Å². The molecule has 20 heteroatoms. The lowest BCUT2D eigenvalue weighted by atomic mass is 9.81. The maximum absolute atomic E-state index is 14.5. The summed E-state index contributed by atoms with van der Waals surface area (Å²) in [7, 11) is 0. The molecule has 1 atom stereocenters. The van der Waals surface area contributed by atoms with E-state index in [0.29, 0.717) is 47.8 Å². The number of H-pyrrole nitrogens is 1. The number of nitrogens with zero attached hydrogens (tertiary/aromatic N) is 5. The van der Waals surface area contributed by atoms with Crippen molar-refractivity contribution >= 4 is 35.5 Å². The predicted octanol–water partition coefficient (Wildman–Crippen LogP) is 5.63. The van der Waals surface area contributed by atoms with Gasteiger partial charge in [0.25, 0.3) is 5.91 Å². The van der Waals surface area contributed by atoms with Crippen LogP contribution in [0.5, 0.6) is 0 Å². The summed E-state index contributed by atoms with van der Waals surface area (Å²) in [5.41, 5.74) is 16.4. The first-order valence-electron chi connectivity index (χ1n) is 21.0. The molecule has 2 aliphatic carbocycles. The van der Waals surface area contributed by atoms with Gasteiger partial charge in [-0.3, -0.25) is 19.3 Å². The van der Waals surface area contributed by atoms with E-state index in [0.717, 1.165) is 55.2 Å². The molecule has 2 aromatic heterocycles. The van der Waals surface area contributed by atoms with E-state index in [4.69, 9.17) is 26.1 Å². The van der Waals surface area contributed by atoms with E-state index in [1.54, 1.807) is 35.2 Å². The van der Waals surface area contributed by atoms with Gasteiger partial charge in [-0.15, -0.1) is 10.2 Å². The van der Waals surface area contributed by atoms with Crippen molar-refractivity contribution in [3.63, 3.8) is 0 Å². The number of alkyl carbamates (subject to hydrolysis) is 1. The Hall–Kier alpha value is -6.44. The summed E-state index contributed by atoms with van der Waals surface area (Å²) in [6.45, 7) is 7.79. The smallest absolute Gasteiger partial charge is 0.475 e. The number of aliphatic carboxylic acids is 1. The van der Waals surface area contributed by atoms with Crippen LogP contribution in [0.2, 0.25) is 0 Å². The molecule has 0 saturated heterocycles. The number of carboxylic acid groups (broad SMARTS) is 1. The van der Waals surface area contributed by atoms with Gasteiger partial charge in [-0.25, -0.2) is 14.6 Å². The quantitative estimate of drug-likeness (QED) is 0.101. The van der Waals surface area contributed by atoms with Crippen molar-refractivity contribution in [2.24, 2.45) is 23.3 Å². The van der Waals surface area contributed by atoms with Gasteiger partial charge < -0.3 is 31.9 Å². The average Bonchev–Trinajstić information content (AvgIpc) is 3.79. The summed E-state index contributed by atoms with van der Waals surface area (Å²) in [4.78, 5) is 68.1. The summed E-state index contributed by atoms with van der Waals surface area (Å²) in [5, 5.41) is 27.3. The van der Waals surface area contributed by atoms with Gasteiger partial charge in [0.1, 0.15) is 17.3 Å². The number of aryl methyl sites for hydroxylation is 1. The molecule has 2 heterocycles. The number of carbonyl (C=O) groups is 5. The number of amides is 4. The maximum Gasteiger partial charge on any atom is 0.490 e. The van der Waals surface area contributed by atoms with Gasteiger partial charge >= 0.3 is 18.2 Å². The summed E-state index contributed by atoms with van der Waals surface area (Å²) in [5.74, 6) is -3.50. The molecule has 0 unspecified atom stereocenters. The van der Waals surface area contributed by atoms with Gasteiger partial charge in [0.05, 0.1) is 0 Å². The molecule has 4 aromatic rings.